The molecule has 4 atom stereocenters. The van der Waals surface area contributed by atoms with E-state index in [0.29, 0.717) is 11.8 Å². The third-order valence-corrected chi connectivity index (χ3v) is 4.23. The summed E-state index contributed by atoms with van der Waals surface area (Å²) in [6.45, 7) is 4.02. The molecule has 4 heteroatoms. The highest BCUT2D eigenvalue weighted by Crippen LogP contribution is 2.58. The van der Waals surface area contributed by atoms with Crippen molar-refractivity contribution in [3.05, 3.63) is 17.5 Å². The molecule has 1 saturated carbocycles. The fourth-order valence-electron chi connectivity index (χ4n) is 3.76. The summed E-state index contributed by atoms with van der Waals surface area (Å²) in [5.74, 6) is 0.571. The third kappa shape index (κ3) is 0.908. The van der Waals surface area contributed by atoms with Gasteiger partial charge in [0.2, 0.25) is 0 Å². The van der Waals surface area contributed by atoms with E-state index in [1.165, 1.54) is 17.7 Å². The van der Waals surface area contributed by atoms with Crippen LogP contribution in [-0.4, -0.2) is 27.8 Å². The normalized spacial score (nSPS) is 42.4. The van der Waals surface area contributed by atoms with E-state index in [2.05, 4.69) is 5.10 Å². The quantitative estimate of drug-likeness (QED) is 0.665. The summed E-state index contributed by atoms with van der Waals surface area (Å²) in [6, 6.07) is 0. The van der Waals surface area contributed by atoms with Crippen molar-refractivity contribution in [1.82, 2.24) is 9.78 Å². The van der Waals surface area contributed by atoms with E-state index in [4.69, 9.17) is 9.47 Å². The van der Waals surface area contributed by atoms with Gasteiger partial charge >= 0.3 is 0 Å². The molecule has 1 aromatic rings. The van der Waals surface area contributed by atoms with Gasteiger partial charge in [-0.2, -0.15) is 5.10 Å². The Bertz CT molecular complexity index is 466. The highest BCUT2D eigenvalue weighted by Gasteiger charge is 2.60. The Morgan fingerprint density at radius 1 is 1.31 bits per heavy atom. The van der Waals surface area contributed by atoms with E-state index in [0.717, 1.165) is 0 Å². The molecule has 0 amide bonds. The van der Waals surface area contributed by atoms with Crippen LogP contribution in [0.4, 0.5) is 0 Å². The minimum absolute atomic E-state index is 0.239. The monoisotopic (exact) mass is 220 g/mol. The second kappa shape index (κ2) is 2.51. The molecule has 1 aliphatic heterocycles. The topological polar surface area (TPSA) is 36.3 Å². The summed E-state index contributed by atoms with van der Waals surface area (Å²) in [5, 5.41) is 4.35. The van der Waals surface area contributed by atoms with Crippen molar-refractivity contribution >= 4 is 0 Å². The van der Waals surface area contributed by atoms with Crippen LogP contribution in [0.15, 0.2) is 6.20 Å². The van der Waals surface area contributed by atoms with Crippen molar-refractivity contribution in [2.45, 2.75) is 50.1 Å². The first-order valence-electron chi connectivity index (χ1n) is 5.94. The Labute approximate surface area is 94.5 Å². The van der Waals surface area contributed by atoms with Crippen LogP contribution >= 0.6 is 0 Å². The van der Waals surface area contributed by atoms with Gasteiger partial charge in [0.25, 0.3) is 0 Å². The van der Waals surface area contributed by atoms with Crippen molar-refractivity contribution in [3.63, 3.8) is 0 Å². The molecule has 3 aliphatic rings. The molecule has 4 nitrogen and oxygen atoms in total. The molecule has 2 aliphatic carbocycles. The van der Waals surface area contributed by atoms with Crippen molar-refractivity contribution < 1.29 is 9.47 Å². The first-order valence-corrected chi connectivity index (χ1v) is 5.94. The van der Waals surface area contributed by atoms with Crippen molar-refractivity contribution in [3.8, 4) is 0 Å². The van der Waals surface area contributed by atoms with Gasteiger partial charge in [-0.05, 0) is 25.8 Å². The van der Waals surface area contributed by atoms with E-state index < -0.39 is 5.79 Å². The van der Waals surface area contributed by atoms with E-state index in [-0.39, 0.29) is 12.2 Å². The van der Waals surface area contributed by atoms with Crippen molar-refractivity contribution in [2.24, 2.45) is 7.05 Å². The number of nitrogens with zero attached hydrogens (tertiary/aromatic N) is 2. The van der Waals surface area contributed by atoms with E-state index in [9.17, 15) is 0 Å². The second-order valence-corrected chi connectivity index (χ2v) is 5.62. The molecular weight excluding hydrogens is 204 g/mol. The molecule has 0 aromatic carbocycles. The number of aromatic nitrogens is 2. The molecule has 86 valence electrons. The zero-order valence-electron chi connectivity index (χ0n) is 9.80. The summed E-state index contributed by atoms with van der Waals surface area (Å²) < 4.78 is 14.0. The SMILES string of the molecule is Cn1ncc2c1[C@@H]1C[C@H]2[C@H]2OC(C)(C)O[C@H]21. The zero-order chi connectivity index (χ0) is 11.1. The van der Waals surface area contributed by atoms with Gasteiger partial charge < -0.3 is 9.47 Å². The van der Waals surface area contributed by atoms with Gasteiger partial charge in [0.15, 0.2) is 5.79 Å². The largest absolute Gasteiger partial charge is 0.344 e. The van der Waals surface area contributed by atoms with Crippen LogP contribution in [0.25, 0.3) is 0 Å². The molecule has 16 heavy (non-hydrogen) atoms. The first-order chi connectivity index (χ1) is 7.57. The summed E-state index contributed by atoms with van der Waals surface area (Å²) in [6.07, 6.45) is 3.66. The van der Waals surface area contributed by atoms with Gasteiger partial charge in [0.1, 0.15) is 0 Å². The van der Waals surface area contributed by atoms with E-state index in [1.807, 2.05) is 31.8 Å². The minimum atomic E-state index is -0.415. The number of rotatable bonds is 0. The Kier molecular flexibility index (Phi) is 1.44. The van der Waals surface area contributed by atoms with Gasteiger partial charge in [-0.25, -0.2) is 0 Å². The van der Waals surface area contributed by atoms with Crippen LogP contribution in [0.2, 0.25) is 0 Å². The van der Waals surface area contributed by atoms with Crippen LogP contribution in [0.5, 0.6) is 0 Å². The summed E-state index contributed by atoms with van der Waals surface area (Å²) in [4.78, 5) is 0. The predicted molar refractivity (Wildman–Crippen MR) is 57.1 cm³/mol. The highest BCUT2D eigenvalue weighted by molar-refractivity contribution is 5.40. The standard InChI is InChI=1S/C12H16N2O2/c1-12(2)15-10-6-4-7(11(10)16-12)9-8(6)5-13-14(9)3/h5-7,10-11H,4H2,1-3H3/t6-,7+,10-,11+/m1/s1. The fourth-order valence-corrected chi connectivity index (χ4v) is 3.76. The van der Waals surface area contributed by atoms with Crippen LogP contribution in [0, 0.1) is 0 Å². The molecule has 0 radical (unpaired) electrons. The number of hydrogen-bond acceptors (Lipinski definition) is 3. The average molecular weight is 220 g/mol. The van der Waals surface area contributed by atoms with Gasteiger partial charge in [-0.1, -0.05) is 0 Å². The smallest absolute Gasteiger partial charge is 0.163 e. The molecule has 4 rings (SSSR count). The molecule has 2 bridgehead atoms. The Hall–Kier alpha value is -0.870. The molecule has 1 saturated heterocycles. The predicted octanol–water partition coefficient (Wildman–Crippen LogP) is 1.52. The maximum Gasteiger partial charge on any atom is 0.163 e. The van der Waals surface area contributed by atoms with Crippen LogP contribution < -0.4 is 0 Å². The fraction of sp³-hybridized carbons (Fsp3) is 0.750. The van der Waals surface area contributed by atoms with Crippen LogP contribution in [0.1, 0.15) is 43.4 Å². The number of hydrogen-bond donors (Lipinski definition) is 0. The highest BCUT2D eigenvalue weighted by atomic mass is 16.8. The number of fused-ring (bicyclic) bond motifs is 8. The van der Waals surface area contributed by atoms with Gasteiger partial charge in [-0.3, -0.25) is 4.68 Å². The lowest BCUT2D eigenvalue weighted by atomic mass is 9.93. The summed E-state index contributed by atoms with van der Waals surface area (Å²) in [7, 11) is 2.02. The van der Waals surface area contributed by atoms with Gasteiger partial charge in [-0.15, -0.1) is 0 Å². The summed E-state index contributed by atoms with van der Waals surface area (Å²) in [5.41, 5.74) is 2.75. The first kappa shape index (κ1) is 9.19. The lowest BCUT2D eigenvalue weighted by molar-refractivity contribution is -0.153. The lowest BCUT2D eigenvalue weighted by Crippen LogP contribution is -2.28. The molecule has 0 N–H and O–H groups in total. The Balaban J connectivity index is 1.81. The molecule has 1 aromatic heterocycles. The second-order valence-electron chi connectivity index (χ2n) is 5.62. The number of ether oxygens (including phenoxy) is 2. The molecule has 0 unspecified atom stereocenters. The van der Waals surface area contributed by atoms with Gasteiger partial charge in [0.05, 0.1) is 18.4 Å². The third-order valence-electron chi connectivity index (χ3n) is 4.23. The summed E-state index contributed by atoms with van der Waals surface area (Å²) >= 11 is 0. The average Bonchev–Trinajstić information content (AvgIpc) is 2.84. The van der Waals surface area contributed by atoms with Crippen molar-refractivity contribution in [2.75, 3.05) is 0 Å². The van der Waals surface area contributed by atoms with Crippen LogP contribution in [-0.2, 0) is 16.5 Å². The maximum atomic E-state index is 6.02. The number of aryl methyl sites for hydroxylation is 1. The van der Waals surface area contributed by atoms with E-state index in [1.54, 1.807) is 0 Å². The Morgan fingerprint density at radius 3 is 2.75 bits per heavy atom. The zero-order valence-corrected chi connectivity index (χ0v) is 9.80. The molecule has 0 spiro atoms. The van der Waals surface area contributed by atoms with Crippen LogP contribution in [0.3, 0.4) is 0 Å². The minimum Gasteiger partial charge on any atom is -0.344 e. The lowest BCUT2D eigenvalue weighted by Gasteiger charge is -2.22. The molecule has 2 fully saturated rings. The van der Waals surface area contributed by atoms with E-state index >= 15 is 0 Å². The van der Waals surface area contributed by atoms with Gasteiger partial charge in [0, 0.05) is 24.6 Å². The van der Waals surface area contributed by atoms with Crippen molar-refractivity contribution in [1.29, 1.82) is 0 Å². The molecule has 2 heterocycles. The Morgan fingerprint density at radius 2 is 2.00 bits per heavy atom. The molecular formula is C12H16N2O2. The maximum absolute atomic E-state index is 6.02.